The molecule has 130 valence electrons. The molecule has 2 N–H and O–H groups in total. The fourth-order valence-corrected chi connectivity index (χ4v) is 4.12. The molecule has 3 aromatic rings. The Kier molecular flexibility index (Phi) is 6.67. The van der Waals surface area contributed by atoms with Crippen LogP contribution in [0.3, 0.4) is 0 Å². The number of aromatic nitrogens is 1. The Labute approximate surface area is 162 Å². The van der Waals surface area contributed by atoms with Crippen molar-refractivity contribution >= 4 is 56.3 Å². The summed E-state index contributed by atoms with van der Waals surface area (Å²) in [4.78, 5) is 4.70. The summed E-state index contributed by atoms with van der Waals surface area (Å²) >= 11 is 8.94. The smallest absolute Gasteiger partial charge is 0.170 e. The van der Waals surface area contributed by atoms with Gasteiger partial charge in [-0.05, 0) is 60.5 Å². The van der Waals surface area contributed by atoms with Crippen molar-refractivity contribution in [2.24, 2.45) is 0 Å². The molecule has 0 bridgehead atoms. The Bertz CT molecular complexity index is 794. The zero-order valence-corrected chi connectivity index (χ0v) is 16.6. The third kappa shape index (κ3) is 5.42. The molecule has 6 heteroatoms. The van der Waals surface area contributed by atoms with Gasteiger partial charge in [0.1, 0.15) is 0 Å². The lowest BCUT2D eigenvalue weighted by Crippen LogP contribution is -2.29. The lowest BCUT2D eigenvalue weighted by atomic mass is 10.1. The molecule has 3 rings (SSSR count). The van der Waals surface area contributed by atoms with Crippen molar-refractivity contribution in [1.29, 1.82) is 0 Å². The molecule has 0 unspecified atom stereocenters. The van der Waals surface area contributed by atoms with Gasteiger partial charge in [-0.15, -0.1) is 11.3 Å². The van der Waals surface area contributed by atoms with Gasteiger partial charge in [-0.25, -0.2) is 4.98 Å². The van der Waals surface area contributed by atoms with Crippen molar-refractivity contribution in [2.45, 2.75) is 12.8 Å². The molecule has 0 aliphatic carbocycles. The van der Waals surface area contributed by atoms with Crippen LogP contribution < -0.4 is 10.6 Å². The van der Waals surface area contributed by atoms with Crippen LogP contribution in [0, 0.1) is 0 Å². The lowest BCUT2D eigenvalue weighted by molar-refractivity contribution is 0.855. The monoisotopic (exact) mass is 387 g/mol. The van der Waals surface area contributed by atoms with Gasteiger partial charge in [-0.2, -0.15) is 11.8 Å². The van der Waals surface area contributed by atoms with Crippen LogP contribution >= 0.6 is 35.3 Å². The number of benzene rings is 2. The van der Waals surface area contributed by atoms with E-state index in [9.17, 15) is 0 Å². The van der Waals surface area contributed by atoms with Gasteiger partial charge in [0.05, 0.1) is 15.2 Å². The SMILES string of the molecule is CSCCCNC(=S)Nc1ccc(Cc2nc3ccccc3s2)cc1. The molecule has 1 aromatic heterocycles. The summed E-state index contributed by atoms with van der Waals surface area (Å²) in [5.41, 5.74) is 3.34. The number of hydrogen-bond donors (Lipinski definition) is 2. The van der Waals surface area contributed by atoms with E-state index >= 15 is 0 Å². The molecule has 3 nitrogen and oxygen atoms in total. The summed E-state index contributed by atoms with van der Waals surface area (Å²) in [5.74, 6) is 1.15. The normalized spacial score (nSPS) is 10.8. The number of hydrogen-bond acceptors (Lipinski definition) is 4. The standard InChI is InChI=1S/C19H21N3S3/c1-24-12-4-11-20-19(23)21-15-9-7-14(8-10-15)13-18-22-16-5-2-3-6-17(16)25-18/h2-3,5-10H,4,11-13H2,1H3,(H2,20,21,23). The van der Waals surface area contributed by atoms with Crippen LogP contribution in [-0.2, 0) is 6.42 Å². The highest BCUT2D eigenvalue weighted by Crippen LogP contribution is 2.24. The van der Waals surface area contributed by atoms with Crippen molar-refractivity contribution < 1.29 is 0 Å². The highest BCUT2D eigenvalue weighted by Gasteiger charge is 2.05. The first-order valence-corrected chi connectivity index (χ1v) is 10.8. The second-order valence-corrected chi connectivity index (χ2v) is 8.19. The molecular weight excluding hydrogens is 366 g/mol. The van der Waals surface area contributed by atoms with E-state index in [0.29, 0.717) is 5.11 Å². The third-order valence-corrected chi connectivity index (χ3v) is 5.70. The first-order chi connectivity index (χ1) is 12.2. The van der Waals surface area contributed by atoms with Gasteiger partial charge in [-0.1, -0.05) is 24.3 Å². The first kappa shape index (κ1) is 18.2. The first-order valence-electron chi connectivity index (χ1n) is 8.22. The lowest BCUT2D eigenvalue weighted by Gasteiger charge is -2.10. The number of thiocarbonyl (C=S) groups is 1. The summed E-state index contributed by atoms with van der Waals surface area (Å²) in [6.45, 7) is 0.905. The fraction of sp³-hybridized carbons (Fsp3) is 0.263. The summed E-state index contributed by atoms with van der Waals surface area (Å²) < 4.78 is 1.24. The Morgan fingerprint density at radius 3 is 2.72 bits per heavy atom. The molecule has 2 aromatic carbocycles. The van der Waals surface area contributed by atoms with Gasteiger partial charge in [0.15, 0.2) is 5.11 Å². The number of thiazole rings is 1. The quantitative estimate of drug-likeness (QED) is 0.444. The van der Waals surface area contributed by atoms with Crippen LogP contribution in [0.5, 0.6) is 0 Å². The van der Waals surface area contributed by atoms with Crippen molar-refractivity contribution in [3.8, 4) is 0 Å². The van der Waals surface area contributed by atoms with Gasteiger partial charge >= 0.3 is 0 Å². The van der Waals surface area contributed by atoms with E-state index in [1.165, 1.54) is 10.3 Å². The summed E-state index contributed by atoms with van der Waals surface area (Å²) in [7, 11) is 0. The molecule has 0 atom stereocenters. The maximum atomic E-state index is 5.32. The van der Waals surface area contributed by atoms with E-state index in [4.69, 9.17) is 17.2 Å². The van der Waals surface area contributed by atoms with Crippen molar-refractivity contribution in [2.75, 3.05) is 23.9 Å². The van der Waals surface area contributed by atoms with E-state index in [1.54, 1.807) is 11.3 Å². The zero-order chi connectivity index (χ0) is 17.5. The largest absolute Gasteiger partial charge is 0.362 e. The number of nitrogens with zero attached hydrogens (tertiary/aromatic N) is 1. The fourth-order valence-electron chi connectivity index (χ4n) is 2.47. The van der Waals surface area contributed by atoms with Crippen LogP contribution in [0.2, 0.25) is 0 Å². The topological polar surface area (TPSA) is 37.0 Å². The molecule has 0 saturated carbocycles. The Balaban J connectivity index is 1.54. The molecule has 1 heterocycles. The Morgan fingerprint density at radius 2 is 1.96 bits per heavy atom. The predicted octanol–water partition coefficient (Wildman–Crippen LogP) is 4.93. The van der Waals surface area contributed by atoms with E-state index in [2.05, 4.69) is 59.4 Å². The molecule has 0 aliphatic rings. The van der Waals surface area contributed by atoms with Crippen LogP contribution in [0.1, 0.15) is 17.0 Å². The van der Waals surface area contributed by atoms with Gasteiger partial charge in [0.25, 0.3) is 0 Å². The molecule has 0 aliphatic heterocycles. The molecular formula is C19H21N3S3. The van der Waals surface area contributed by atoms with Gasteiger partial charge in [-0.3, -0.25) is 0 Å². The second kappa shape index (κ2) is 9.17. The average Bonchev–Trinajstić information content (AvgIpc) is 3.03. The van der Waals surface area contributed by atoms with Crippen LogP contribution in [0.4, 0.5) is 5.69 Å². The molecule has 0 radical (unpaired) electrons. The minimum absolute atomic E-state index is 0.681. The molecule has 25 heavy (non-hydrogen) atoms. The highest BCUT2D eigenvalue weighted by atomic mass is 32.2. The van der Waals surface area contributed by atoms with Gasteiger partial charge in [0.2, 0.25) is 0 Å². The molecule has 0 amide bonds. The van der Waals surface area contributed by atoms with Gasteiger partial charge in [0, 0.05) is 18.7 Å². The third-order valence-electron chi connectivity index (χ3n) is 3.72. The summed E-state index contributed by atoms with van der Waals surface area (Å²) in [5, 5.41) is 8.29. The van der Waals surface area contributed by atoms with Crippen molar-refractivity contribution in [1.82, 2.24) is 10.3 Å². The number of para-hydroxylation sites is 1. The molecule has 0 spiro atoms. The Morgan fingerprint density at radius 1 is 1.16 bits per heavy atom. The zero-order valence-electron chi connectivity index (χ0n) is 14.1. The van der Waals surface area contributed by atoms with Crippen molar-refractivity contribution in [3.05, 3.63) is 59.1 Å². The van der Waals surface area contributed by atoms with Crippen LogP contribution in [-0.4, -0.2) is 28.6 Å². The number of anilines is 1. The maximum Gasteiger partial charge on any atom is 0.170 e. The summed E-state index contributed by atoms with van der Waals surface area (Å²) in [6.07, 6.45) is 4.09. The van der Waals surface area contributed by atoms with Crippen molar-refractivity contribution in [3.63, 3.8) is 0 Å². The van der Waals surface area contributed by atoms with Gasteiger partial charge < -0.3 is 10.6 Å². The minimum atomic E-state index is 0.681. The number of rotatable bonds is 7. The average molecular weight is 388 g/mol. The Hall–Kier alpha value is -1.63. The van der Waals surface area contributed by atoms with Crippen LogP contribution in [0.25, 0.3) is 10.2 Å². The minimum Gasteiger partial charge on any atom is -0.362 e. The predicted molar refractivity (Wildman–Crippen MR) is 116 cm³/mol. The molecule has 0 fully saturated rings. The number of nitrogens with one attached hydrogen (secondary N) is 2. The van der Waals surface area contributed by atoms with E-state index in [-0.39, 0.29) is 0 Å². The number of fused-ring (bicyclic) bond motifs is 1. The highest BCUT2D eigenvalue weighted by molar-refractivity contribution is 7.98. The second-order valence-electron chi connectivity index (χ2n) is 5.68. The van der Waals surface area contributed by atoms with E-state index in [1.807, 2.05) is 17.8 Å². The van der Waals surface area contributed by atoms with Crippen LogP contribution in [0.15, 0.2) is 48.5 Å². The maximum absolute atomic E-state index is 5.32. The molecule has 0 saturated heterocycles. The summed E-state index contributed by atoms with van der Waals surface area (Å²) in [6, 6.07) is 16.7. The number of thioether (sulfide) groups is 1. The van der Waals surface area contributed by atoms with E-state index < -0.39 is 0 Å². The van der Waals surface area contributed by atoms with E-state index in [0.717, 1.165) is 41.4 Å².